The van der Waals surface area contributed by atoms with Crippen molar-refractivity contribution < 1.29 is 13.2 Å². The molecule has 19 heavy (non-hydrogen) atoms. The molecule has 1 aromatic heterocycles. The second kappa shape index (κ2) is 5.13. The van der Waals surface area contributed by atoms with Gasteiger partial charge in [-0.2, -0.15) is 13.2 Å². The lowest BCUT2D eigenvalue weighted by Crippen LogP contribution is -2.07. The minimum Gasteiger partial charge on any atom is -0.378 e. The number of aromatic amines is 1. The van der Waals surface area contributed by atoms with Gasteiger partial charge < -0.3 is 10.3 Å². The Morgan fingerprint density at radius 3 is 2.68 bits per heavy atom. The van der Waals surface area contributed by atoms with Gasteiger partial charge in [-0.1, -0.05) is 11.6 Å². The van der Waals surface area contributed by atoms with E-state index in [0.29, 0.717) is 6.54 Å². The molecule has 0 aliphatic carbocycles. The summed E-state index contributed by atoms with van der Waals surface area (Å²) >= 11 is 5.87. The average molecular weight is 290 g/mol. The van der Waals surface area contributed by atoms with Crippen LogP contribution in [0.15, 0.2) is 24.5 Å². The summed E-state index contributed by atoms with van der Waals surface area (Å²) in [4.78, 5) is 6.94. The highest BCUT2D eigenvalue weighted by Gasteiger charge is 2.30. The van der Waals surface area contributed by atoms with Crippen molar-refractivity contribution in [3.63, 3.8) is 0 Å². The molecule has 0 fully saturated rings. The molecule has 3 nitrogen and oxygen atoms in total. The van der Waals surface area contributed by atoms with Crippen LogP contribution in [0.2, 0.25) is 5.02 Å². The van der Waals surface area contributed by atoms with Crippen LogP contribution >= 0.6 is 11.6 Å². The van der Waals surface area contributed by atoms with Gasteiger partial charge >= 0.3 is 6.18 Å². The number of anilines is 1. The van der Waals surface area contributed by atoms with Crippen LogP contribution in [0.4, 0.5) is 18.9 Å². The van der Waals surface area contributed by atoms with E-state index in [1.54, 1.807) is 0 Å². The van der Waals surface area contributed by atoms with Gasteiger partial charge in [-0.3, -0.25) is 0 Å². The lowest BCUT2D eigenvalue weighted by molar-refractivity contribution is -0.137. The van der Waals surface area contributed by atoms with Gasteiger partial charge in [0.25, 0.3) is 0 Å². The Labute approximate surface area is 112 Å². The predicted octanol–water partition coefficient (Wildman–Crippen LogP) is 4.00. The van der Waals surface area contributed by atoms with Gasteiger partial charge in [-0.25, -0.2) is 4.98 Å². The summed E-state index contributed by atoms with van der Waals surface area (Å²) in [6.07, 6.45) is -2.86. The first kappa shape index (κ1) is 13.7. The number of rotatable bonds is 3. The summed E-state index contributed by atoms with van der Waals surface area (Å²) < 4.78 is 37.8. The van der Waals surface area contributed by atoms with Crippen molar-refractivity contribution in [2.24, 2.45) is 0 Å². The monoisotopic (exact) mass is 289 g/mol. The Morgan fingerprint density at radius 2 is 2.11 bits per heavy atom. The van der Waals surface area contributed by atoms with Crippen LogP contribution in [0.3, 0.4) is 0 Å². The third-order valence-corrected chi connectivity index (χ3v) is 3.00. The Hall–Kier alpha value is -1.69. The zero-order chi connectivity index (χ0) is 14.0. The van der Waals surface area contributed by atoms with E-state index in [4.69, 9.17) is 11.6 Å². The average Bonchev–Trinajstić information content (AvgIpc) is 2.72. The molecular formula is C12H11ClF3N3. The first-order chi connectivity index (χ1) is 8.88. The maximum Gasteiger partial charge on any atom is 0.416 e. The van der Waals surface area contributed by atoms with E-state index in [0.717, 1.165) is 23.5 Å². The number of aryl methyl sites for hydroxylation is 1. The van der Waals surface area contributed by atoms with Crippen molar-refractivity contribution in [2.75, 3.05) is 5.32 Å². The SMILES string of the molecule is Cc1[nH]cnc1CNc1cc(C(F)(F)F)ccc1Cl. The summed E-state index contributed by atoms with van der Waals surface area (Å²) in [5, 5.41) is 3.09. The van der Waals surface area contributed by atoms with Gasteiger partial charge in [-0.15, -0.1) is 0 Å². The molecule has 0 aliphatic heterocycles. The Bertz CT molecular complexity index is 578. The van der Waals surface area contributed by atoms with Crippen LogP contribution in [0.1, 0.15) is 17.0 Å². The number of imidazole rings is 1. The van der Waals surface area contributed by atoms with Crippen molar-refractivity contribution in [3.8, 4) is 0 Å². The Balaban J connectivity index is 2.18. The number of nitrogens with one attached hydrogen (secondary N) is 2. The maximum atomic E-state index is 12.6. The van der Waals surface area contributed by atoms with E-state index in [2.05, 4.69) is 15.3 Å². The highest BCUT2D eigenvalue weighted by molar-refractivity contribution is 6.33. The molecule has 2 rings (SSSR count). The van der Waals surface area contributed by atoms with Gasteiger partial charge in [0.15, 0.2) is 0 Å². The number of aromatic nitrogens is 2. The molecule has 7 heteroatoms. The van der Waals surface area contributed by atoms with Gasteiger partial charge in [0, 0.05) is 5.69 Å². The fraction of sp³-hybridized carbons (Fsp3) is 0.250. The highest BCUT2D eigenvalue weighted by atomic mass is 35.5. The van der Waals surface area contributed by atoms with E-state index < -0.39 is 11.7 Å². The van der Waals surface area contributed by atoms with E-state index in [9.17, 15) is 13.2 Å². The molecule has 102 valence electrons. The Morgan fingerprint density at radius 1 is 1.37 bits per heavy atom. The number of alkyl halides is 3. The highest BCUT2D eigenvalue weighted by Crippen LogP contribution is 2.33. The maximum absolute atomic E-state index is 12.6. The van der Waals surface area contributed by atoms with E-state index in [-0.39, 0.29) is 10.7 Å². The molecule has 2 aromatic rings. The van der Waals surface area contributed by atoms with Crippen LogP contribution < -0.4 is 5.32 Å². The zero-order valence-electron chi connectivity index (χ0n) is 9.98. The molecule has 0 atom stereocenters. The molecule has 1 heterocycles. The van der Waals surface area contributed by atoms with Crippen molar-refractivity contribution >= 4 is 17.3 Å². The molecule has 0 aliphatic rings. The lowest BCUT2D eigenvalue weighted by atomic mass is 10.2. The zero-order valence-corrected chi connectivity index (χ0v) is 10.7. The summed E-state index contributed by atoms with van der Waals surface area (Å²) in [6.45, 7) is 2.13. The topological polar surface area (TPSA) is 40.7 Å². The number of H-pyrrole nitrogens is 1. The van der Waals surface area contributed by atoms with Crippen molar-refractivity contribution in [1.82, 2.24) is 9.97 Å². The first-order valence-electron chi connectivity index (χ1n) is 5.47. The molecular weight excluding hydrogens is 279 g/mol. The quantitative estimate of drug-likeness (QED) is 0.896. The fourth-order valence-corrected chi connectivity index (χ4v) is 1.77. The summed E-state index contributed by atoms with van der Waals surface area (Å²) in [5.74, 6) is 0. The first-order valence-corrected chi connectivity index (χ1v) is 5.85. The van der Waals surface area contributed by atoms with Crippen molar-refractivity contribution in [3.05, 3.63) is 46.5 Å². The molecule has 0 amide bonds. The molecule has 1 aromatic carbocycles. The lowest BCUT2D eigenvalue weighted by Gasteiger charge is -2.12. The third-order valence-electron chi connectivity index (χ3n) is 2.67. The van der Waals surface area contributed by atoms with Gasteiger partial charge in [-0.05, 0) is 25.1 Å². The van der Waals surface area contributed by atoms with Crippen molar-refractivity contribution in [1.29, 1.82) is 0 Å². The Kier molecular flexibility index (Phi) is 3.71. The molecule has 0 unspecified atom stereocenters. The standard InChI is InChI=1S/C12H11ClF3N3/c1-7-11(19-6-18-7)5-17-10-4-8(12(14,15)16)2-3-9(10)13/h2-4,6,17H,5H2,1H3,(H,18,19). The minimum atomic E-state index is -4.39. The molecule has 0 radical (unpaired) electrons. The molecule has 0 saturated carbocycles. The van der Waals surface area contributed by atoms with Crippen LogP contribution in [0.5, 0.6) is 0 Å². The number of benzene rings is 1. The van der Waals surface area contributed by atoms with E-state index >= 15 is 0 Å². The molecule has 2 N–H and O–H groups in total. The summed E-state index contributed by atoms with van der Waals surface area (Å²) in [5.41, 5.74) is 1.08. The summed E-state index contributed by atoms with van der Waals surface area (Å²) in [7, 11) is 0. The number of halogens is 4. The number of hydrogen-bond donors (Lipinski definition) is 2. The van der Waals surface area contributed by atoms with Gasteiger partial charge in [0.2, 0.25) is 0 Å². The van der Waals surface area contributed by atoms with E-state index in [1.165, 1.54) is 12.4 Å². The van der Waals surface area contributed by atoms with Crippen molar-refractivity contribution in [2.45, 2.75) is 19.6 Å². The molecule has 0 saturated heterocycles. The molecule has 0 bridgehead atoms. The second-order valence-corrected chi connectivity index (χ2v) is 4.43. The fourth-order valence-electron chi connectivity index (χ4n) is 1.58. The largest absolute Gasteiger partial charge is 0.416 e. The number of hydrogen-bond acceptors (Lipinski definition) is 2. The van der Waals surface area contributed by atoms with Gasteiger partial charge in [0.1, 0.15) is 0 Å². The van der Waals surface area contributed by atoms with Crippen LogP contribution in [0, 0.1) is 6.92 Å². The normalized spacial score (nSPS) is 11.6. The predicted molar refractivity (Wildman–Crippen MR) is 67.1 cm³/mol. The third kappa shape index (κ3) is 3.20. The smallest absolute Gasteiger partial charge is 0.378 e. The van der Waals surface area contributed by atoms with Crippen LogP contribution in [-0.2, 0) is 12.7 Å². The number of nitrogens with zero attached hydrogens (tertiary/aromatic N) is 1. The second-order valence-electron chi connectivity index (χ2n) is 4.02. The van der Waals surface area contributed by atoms with Crippen LogP contribution in [-0.4, -0.2) is 9.97 Å². The summed E-state index contributed by atoms with van der Waals surface area (Å²) in [6, 6.07) is 3.17. The minimum absolute atomic E-state index is 0.235. The molecule has 0 spiro atoms. The van der Waals surface area contributed by atoms with Crippen LogP contribution in [0.25, 0.3) is 0 Å². The van der Waals surface area contributed by atoms with Gasteiger partial charge in [0.05, 0.1) is 34.8 Å². The van der Waals surface area contributed by atoms with E-state index in [1.807, 2.05) is 6.92 Å².